The van der Waals surface area contributed by atoms with Gasteiger partial charge in [-0.2, -0.15) is 0 Å². The lowest BCUT2D eigenvalue weighted by Gasteiger charge is -2.01. The highest BCUT2D eigenvalue weighted by Gasteiger charge is 2.15. The highest BCUT2D eigenvalue weighted by atomic mass is 127. The van der Waals surface area contributed by atoms with Crippen molar-refractivity contribution in [2.24, 2.45) is 0 Å². The summed E-state index contributed by atoms with van der Waals surface area (Å²) in [6, 6.07) is 0. The Morgan fingerprint density at radius 1 is 1.64 bits per heavy atom. The van der Waals surface area contributed by atoms with Crippen molar-refractivity contribution >= 4 is 44.0 Å². The first kappa shape index (κ1) is 12.3. The standard InChI is InChI=1S/C7H11IN2O2S2/c1-6-9-5-7(13-6)14(11,12)10-4-2-3-8/h5,10H,2-4H2,1H3. The number of thiazole rings is 1. The Morgan fingerprint density at radius 2 is 2.36 bits per heavy atom. The first-order valence-corrected chi connectivity index (χ1v) is 7.87. The molecule has 0 aliphatic heterocycles. The number of halogens is 1. The molecule has 0 atom stereocenters. The summed E-state index contributed by atoms with van der Waals surface area (Å²) in [6.07, 6.45) is 2.24. The van der Waals surface area contributed by atoms with E-state index in [2.05, 4.69) is 32.3 Å². The first-order valence-electron chi connectivity index (χ1n) is 4.04. The lowest BCUT2D eigenvalue weighted by Crippen LogP contribution is -2.24. The zero-order valence-corrected chi connectivity index (χ0v) is 11.4. The molecule has 0 aromatic carbocycles. The van der Waals surface area contributed by atoms with E-state index >= 15 is 0 Å². The van der Waals surface area contributed by atoms with Crippen molar-refractivity contribution in [3.05, 3.63) is 11.2 Å². The van der Waals surface area contributed by atoms with Gasteiger partial charge in [-0.25, -0.2) is 18.1 Å². The van der Waals surface area contributed by atoms with E-state index in [4.69, 9.17) is 0 Å². The van der Waals surface area contributed by atoms with Gasteiger partial charge in [-0.1, -0.05) is 22.6 Å². The van der Waals surface area contributed by atoms with Gasteiger partial charge < -0.3 is 0 Å². The summed E-state index contributed by atoms with van der Waals surface area (Å²) in [5.41, 5.74) is 0. The molecule has 0 aliphatic rings. The van der Waals surface area contributed by atoms with Gasteiger partial charge in [0.05, 0.1) is 11.2 Å². The molecule has 0 unspecified atom stereocenters. The van der Waals surface area contributed by atoms with Crippen LogP contribution in [0.2, 0.25) is 0 Å². The minimum Gasteiger partial charge on any atom is -0.249 e. The number of hydrogen-bond donors (Lipinski definition) is 1. The maximum Gasteiger partial charge on any atom is 0.251 e. The maximum absolute atomic E-state index is 11.6. The summed E-state index contributed by atoms with van der Waals surface area (Å²) in [6.45, 7) is 2.27. The van der Waals surface area contributed by atoms with Crippen LogP contribution in [0.5, 0.6) is 0 Å². The second-order valence-electron chi connectivity index (χ2n) is 2.64. The molecule has 80 valence electrons. The Balaban J connectivity index is 2.66. The van der Waals surface area contributed by atoms with Crippen molar-refractivity contribution in [2.45, 2.75) is 17.6 Å². The van der Waals surface area contributed by atoms with Crippen LogP contribution < -0.4 is 4.72 Å². The third kappa shape index (κ3) is 3.44. The third-order valence-corrected chi connectivity index (χ3v) is 5.07. The lowest BCUT2D eigenvalue weighted by molar-refractivity contribution is 0.583. The van der Waals surface area contributed by atoms with E-state index in [9.17, 15) is 8.42 Å². The second-order valence-corrected chi connectivity index (χ2v) is 6.95. The summed E-state index contributed by atoms with van der Waals surface area (Å²) in [7, 11) is -3.31. The van der Waals surface area contributed by atoms with Crippen LogP contribution in [0.3, 0.4) is 0 Å². The fourth-order valence-electron chi connectivity index (χ4n) is 0.811. The molecule has 0 bridgehead atoms. The molecule has 1 aromatic rings. The summed E-state index contributed by atoms with van der Waals surface area (Å²) < 4.78 is 26.9. The summed E-state index contributed by atoms with van der Waals surface area (Å²) >= 11 is 3.40. The molecule has 0 spiro atoms. The fourth-order valence-corrected chi connectivity index (χ4v) is 3.42. The molecule has 0 saturated heterocycles. The molecule has 0 aliphatic carbocycles. The van der Waals surface area contributed by atoms with Gasteiger partial charge in [-0.05, 0) is 13.3 Å². The van der Waals surface area contributed by atoms with Crippen LogP contribution in [0.1, 0.15) is 11.4 Å². The number of nitrogens with zero attached hydrogens (tertiary/aromatic N) is 1. The predicted octanol–water partition coefficient (Wildman–Crippen LogP) is 1.55. The van der Waals surface area contributed by atoms with Gasteiger partial charge >= 0.3 is 0 Å². The van der Waals surface area contributed by atoms with Crippen LogP contribution in [-0.2, 0) is 10.0 Å². The van der Waals surface area contributed by atoms with Crippen molar-refractivity contribution in [3.63, 3.8) is 0 Å². The number of rotatable bonds is 5. The minimum absolute atomic E-state index is 0.295. The van der Waals surface area contributed by atoms with Crippen molar-refractivity contribution in [2.75, 3.05) is 11.0 Å². The Hall–Kier alpha value is 0.270. The summed E-state index contributed by atoms with van der Waals surface area (Å²) in [5.74, 6) is 0. The number of aryl methyl sites for hydroxylation is 1. The topological polar surface area (TPSA) is 59.1 Å². The normalized spacial score (nSPS) is 11.9. The molecule has 0 fully saturated rings. The molecule has 0 saturated carbocycles. The largest absolute Gasteiger partial charge is 0.251 e. The zero-order valence-electron chi connectivity index (χ0n) is 7.66. The fraction of sp³-hybridized carbons (Fsp3) is 0.571. The molecule has 4 nitrogen and oxygen atoms in total. The average Bonchev–Trinajstić information content (AvgIpc) is 2.53. The SMILES string of the molecule is Cc1ncc(S(=O)(=O)NCCCI)s1. The quantitative estimate of drug-likeness (QED) is 0.500. The van der Waals surface area contributed by atoms with Crippen molar-refractivity contribution in [1.82, 2.24) is 9.71 Å². The molecule has 0 amide bonds. The van der Waals surface area contributed by atoms with E-state index in [1.54, 1.807) is 6.92 Å². The lowest BCUT2D eigenvalue weighted by atomic mass is 10.5. The van der Waals surface area contributed by atoms with Gasteiger partial charge in [0.25, 0.3) is 10.0 Å². The van der Waals surface area contributed by atoms with Gasteiger partial charge in [0.15, 0.2) is 4.21 Å². The Labute approximate surface area is 101 Å². The molecule has 1 aromatic heterocycles. The van der Waals surface area contributed by atoms with Gasteiger partial charge in [0.2, 0.25) is 0 Å². The summed E-state index contributed by atoms with van der Waals surface area (Å²) in [4.78, 5) is 3.91. The molecule has 7 heteroatoms. The van der Waals surface area contributed by atoms with Crippen molar-refractivity contribution in [1.29, 1.82) is 0 Å². The van der Waals surface area contributed by atoms with Crippen molar-refractivity contribution < 1.29 is 8.42 Å². The molecular formula is C7H11IN2O2S2. The summed E-state index contributed by atoms with van der Waals surface area (Å²) in [5, 5.41) is 0.763. The first-order chi connectivity index (χ1) is 6.56. The Morgan fingerprint density at radius 3 is 2.86 bits per heavy atom. The molecule has 14 heavy (non-hydrogen) atoms. The smallest absolute Gasteiger partial charge is 0.249 e. The number of alkyl halides is 1. The Kier molecular flexibility index (Phi) is 4.74. The van der Waals surface area contributed by atoms with Gasteiger partial charge in [0, 0.05) is 11.0 Å². The molecular weight excluding hydrogens is 335 g/mol. The van der Waals surface area contributed by atoms with Gasteiger partial charge in [-0.15, -0.1) is 11.3 Å². The van der Waals surface area contributed by atoms with Crippen LogP contribution in [0.4, 0.5) is 0 Å². The number of hydrogen-bond acceptors (Lipinski definition) is 4. The third-order valence-electron chi connectivity index (χ3n) is 1.47. The van der Waals surface area contributed by atoms with Gasteiger partial charge in [0.1, 0.15) is 0 Å². The van der Waals surface area contributed by atoms with E-state index in [1.165, 1.54) is 17.5 Å². The zero-order chi connectivity index (χ0) is 10.6. The number of aromatic nitrogens is 1. The van der Waals surface area contributed by atoms with E-state index in [-0.39, 0.29) is 0 Å². The van der Waals surface area contributed by atoms with E-state index in [1.807, 2.05) is 0 Å². The van der Waals surface area contributed by atoms with Gasteiger partial charge in [-0.3, -0.25) is 0 Å². The maximum atomic E-state index is 11.6. The highest BCUT2D eigenvalue weighted by Crippen LogP contribution is 2.17. The predicted molar refractivity (Wildman–Crippen MR) is 65.5 cm³/mol. The highest BCUT2D eigenvalue weighted by molar-refractivity contribution is 14.1. The van der Waals surface area contributed by atoms with Crippen LogP contribution in [0, 0.1) is 6.92 Å². The molecule has 1 heterocycles. The van der Waals surface area contributed by atoms with Crippen molar-refractivity contribution in [3.8, 4) is 0 Å². The van der Waals surface area contributed by atoms with Crippen LogP contribution in [0.25, 0.3) is 0 Å². The number of sulfonamides is 1. The van der Waals surface area contributed by atoms with Crippen LogP contribution in [-0.4, -0.2) is 24.4 Å². The average molecular weight is 346 g/mol. The Bertz CT molecular complexity index is 388. The monoisotopic (exact) mass is 346 g/mol. The van der Waals surface area contributed by atoms with E-state index in [0.29, 0.717) is 10.8 Å². The molecule has 0 radical (unpaired) electrons. The number of nitrogens with one attached hydrogen (secondary N) is 1. The van der Waals surface area contributed by atoms with Crippen LogP contribution in [0.15, 0.2) is 10.4 Å². The second kappa shape index (κ2) is 5.38. The molecule has 1 rings (SSSR count). The van der Waals surface area contributed by atoms with Crippen LogP contribution >= 0.6 is 33.9 Å². The minimum atomic E-state index is -3.31. The molecule has 1 N–H and O–H groups in total. The van der Waals surface area contributed by atoms with E-state index < -0.39 is 10.0 Å². The van der Waals surface area contributed by atoms with E-state index in [0.717, 1.165) is 15.9 Å².